The molecule has 0 aromatic rings. The summed E-state index contributed by atoms with van der Waals surface area (Å²) in [5.74, 6) is -0.750. The lowest BCUT2D eigenvalue weighted by Crippen LogP contribution is -2.41. The Balaban J connectivity index is 2.30. The van der Waals surface area contributed by atoms with Crippen molar-refractivity contribution in [1.29, 1.82) is 0 Å². The zero-order valence-electron chi connectivity index (χ0n) is 12.6. The monoisotopic (exact) mass is 288 g/mol. The van der Waals surface area contributed by atoms with E-state index in [0.29, 0.717) is 19.1 Å². The van der Waals surface area contributed by atoms with Gasteiger partial charge in [0.15, 0.2) is 0 Å². The number of ether oxygens (including phenoxy) is 2. The van der Waals surface area contributed by atoms with Gasteiger partial charge in [-0.15, -0.1) is 0 Å². The number of carboxylic acids is 1. The van der Waals surface area contributed by atoms with Crippen molar-refractivity contribution in [3.63, 3.8) is 0 Å². The van der Waals surface area contributed by atoms with Crippen LogP contribution in [-0.2, 0) is 14.3 Å². The molecule has 0 spiro atoms. The molecule has 0 heterocycles. The van der Waals surface area contributed by atoms with Crippen molar-refractivity contribution in [2.75, 3.05) is 47.1 Å². The Morgan fingerprint density at radius 2 is 1.95 bits per heavy atom. The first-order valence-corrected chi connectivity index (χ1v) is 7.36. The van der Waals surface area contributed by atoms with E-state index in [1.54, 1.807) is 14.2 Å². The third-order valence-electron chi connectivity index (χ3n) is 3.48. The van der Waals surface area contributed by atoms with Gasteiger partial charge in [0.1, 0.15) is 6.04 Å². The topological polar surface area (TPSA) is 71.0 Å². The van der Waals surface area contributed by atoms with Gasteiger partial charge in [-0.05, 0) is 25.7 Å². The van der Waals surface area contributed by atoms with E-state index < -0.39 is 12.0 Å². The van der Waals surface area contributed by atoms with Gasteiger partial charge in [0.25, 0.3) is 0 Å². The molecule has 0 bridgehead atoms. The molecule has 0 saturated heterocycles. The molecule has 0 aromatic carbocycles. The van der Waals surface area contributed by atoms with Crippen LogP contribution in [0, 0.1) is 0 Å². The first-order chi connectivity index (χ1) is 9.67. The second-order valence-electron chi connectivity index (χ2n) is 5.30. The van der Waals surface area contributed by atoms with Gasteiger partial charge >= 0.3 is 5.97 Å². The summed E-state index contributed by atoms with van der Waals surface area (Å²) in [5, 5.41) is 12.4. The van der Waals surface area contributed by atoms with Crippen LogP contribution in [0.1, 0.15) is 25.7 Å². The fourth-order valence-corrected chi connectivity index (χ4v) is 2.11. The molecule has 1 saturated carbocycles. The minimum Gasteiger partial charge on any atom is -0.480 e. The maximum Gasteiger partial charge on any atom is 0.320 e. The molecule has 118 valence electrons. The van der Waals surface area contributed by atoms with Crippen LogP contribution in [0.25, 0.3) is 0 Å². The number of hydrogen-bond donors (Lipinski definition) is 2. The lowest BCUT2D eigenvalue weighted by atomic mass is 10.2. The Kier molecular flexibility index (Phi) is 8.77. The minimum absolute atomic E-state index is 0.414. The smallest absolute Gasteiger partial charge is 0.320 e. The molecule has 2 N–H and O–H groups in total. The number of hydrogen-bond acceptors (Lipinski definition) is 5. The summed E-state index contributed by atoms with van der Waals surface area (Å²) >= 11 is 0. The van der Waals surface area contributed by atoms with Crippen molar-refractivity contribution in [3.05, 3.63) is 0 Å². The number of nitrogens with one attached hydrogen (secondary N) is 1. The Morgan fingerprint density at radius 3 is 2.50 bits per heavy atom. The van der Waals surface area contributed by atoms with Gasteiger partial charge in [0.2, 0.25) is 0 Å². The lowest BCUT2D eigenvalue weighted by Gasteiger charge is -2.24. The molecule has 0 amide bonds. The van der Waals surface area contributed by atoms with Crippen molar-refractivity contribution >= 4 is 5.97 Å². The van der Waals surface area contributed by atoms with Crippen LogP contribution < -0.4 is 5.32 Å². The molecule has 1 atom stereocenters. The standard InChI is InChI=1S/C14H28N2O4/c1-19-10-3-7-16(9-11-20-2)8-6-13(14(17)18)15-12-4-5-12/h12-13,15H,3-11H2,1-2H3,(H,17,18). The maximum atomic E-state index is 11.2. The molecule has 0 aliphatic heterocycles. The number of nitrogens with zero attached hydrogens (tertiary/aromatic N) is 1. The van der Waals surface area contributed by atoms with Crippen LogP contribution in [-0.4, -0.2) is 75.1 Å². The van der Waals surface area contributed by atoms with Gasteiger partial charge in [0.05, 0.1) is 6.61 Å². The first-order valence-electron chi connectivity index (χ1n) is 7.36. The molecule has 1 rings (SSSR count). The highest BCUT2D eigenvalue weighted by Crippen LogP contribution is 2.20. The first kappa shape index (κ1) is 17.4. The second-order valence-corrected chi connectivity index (χ2v) is 5.30. The van der Waals surface area contributed by atoms with Crippen LogP contribution >= 0.6 is 0 Å². The molecule has 0 aromatic heterocycles. The Labute approximate surface area is 121 Å². The van der Waals surface area contributed by atoms with Crippen LogP contribution in [0.3, 0.4) is 0 Å². The summed E-state index contributed by atoms with van der Waals surface area (Å²) in [5.41, 5.74) is 0. The summed E-state index contributed by atoms with van der Waals surface area (Å²) in [7, 11) is 3.38. The zero-order valence-corrected chi connectivity index (χ0v) is 12.6. The molecule has 1 aliphatic rings. The van der Waals surface area contributed by atoms with E-state index >= 15 is 0 Å². The summed E-state index contributed by atoms with van der Waals surface area (Å²) in [4.78, 5) is 13.5. The third kappa shape index (κ3) is 7.79. The Morgan fingerprint density at radius 1 is 1.25 bits per heavy atom. The normalized spacial score (nSPS) is 16.6. The van der Waals surface area contributed by atoms with Crippen molar-refractivity contribution in [2.45, 2.75) is 37.8 Å². The molecular formula is C14H28N2O4. The SMILES string of the molecule is COCCCN(CCOC)CCC(NC1CC1)C(=O)O. The van der Waals surface area contributed by atoms with E-state index in [-0.39, 0.29) is 0 Å². The molecule has 1 unspecified atom stereocenters. The molecular weight excluding hydrogens is 260 g/mol. The summed E-state index contributed by atoms with van der Waals surface area (Å²) in [6.45, 7) is 3.90. The number of carboxylic acid groups (broad SMARTS) is 1. The van der Waals surface area contributed by atoms with Gasteiger partial charge in [-0.2, -0.15) is 0 Å². The predicted molar refractivity (Wildman–Crippen MR) is 77.0 cm³/mol. The van der Waals surface area contributed by atoms with Gasteiger partial charge in [-0.25, -0.2) is 0 Å². The third-order valence-corrected chi connectivity index (χ3v) is 3.48. The van der Waals surface area contributed by atoms with Crippen LogP contribution in [0.15, 0.2) is 0 Å². The molecule has 20 heavy (non-hydrogen) atoms. The van der Waals surface area contributed by atoms with Gasteiger partial charge < -0.3 is 24.8 Å². The van der Waals surface area contributed by atoms with E-state index in [0.717, 1.165) is 45.5 Å². The van der Waals surface area contributed by atoms with E-state index in [1.807, 2.05) is 0 Å². The van der Waals surface area contributed by atoms with Crippen molar-refractivity contribution in [2.24, 2.45) is 0 Å². The Bertz CT molecular complexity index is 272. The zero-order chi connectivity index (χ0) is 14.8. The maximum absolute atomic E-state index is 11.2. The van der Waals surface area contributed by atoms with E-state index in [9.17, 15) is 9.90 Å². The Hall–Kier alpha value is -0.690. The van der Waals surface area contributed by atoms with Crippen LogP contribution in [0.2, 0.25) is 0 Å². The van der Waals surface area contributed by atoms with Crippen molar-refractivity contribution in [3.8, 4) is 0 Å². The largest absolute Gasteiger partial charge is 0.480 e. The fourth-order valence-electron chi connectivity index (χ4n) is 2.11. The van der Waals surface area contributed by atoms with E-state index in [2.05, 4.69) is 10.2 Å². The number of carbonyl (C=O) groups is 1. The molecule has 1 aliphatic carbocycles. The van der Waals surface area contributed by atoms with Gasteiger partial charge in [-0.3, -0.25) is 4.79 Å². The summed E-state index contributed by atoms with van der Waals surface area (Å²) in [6, 6.07) is -0.0213. The number of methoxy groups -OCH3 is 2. The van der Waals surface area contributed by atoms with Gasteiger partial charge in [0, 0.05) is 46.5 Å². The highest BCUT2D eigenvalue weighted by Gasteiger charge is 2.28. The molecule has 1 fully saturated rings. The minimum atomic E-state index is -0.750. The van der Waals surface area contributed by atoms with Crippen molar-refractivity contribution < 1.29 is 19.4 Å². The van der Waals surface area contributed by atoms with Crippen LogP contribution in [0.5, 0.6) is 0 Å². The number of aliphatic carboxylic acids is 1. The highest BCUT2D eigenvalue weighted by molar-refractivity contribution is 5.73. The van der Waals surface area contributed by atoms with E-state index in [4.69, 9.17) is 9.47 Å². The average molecular weight is 288 g/mol. The van der Waals surface area contributed by atoms with Gasteiger partial charge in [-0.1, -0.05) is 0 Å². The predicted octanol–water partition coefficient (Wildman–Crippen LogP) is 0.567. The quantitative estimate of drug-likeness (QED) is 0.483. The van der Waals surface area contributed by atoms with Crippen LogP contribution in [0.4, 0.5) is 0 Å². The summed E-state index contributed by atoms with van der Waals surface area (Å²) in [6.07, 6.45) is 3.78. The number of rotatable bonds is 13. The highest BCUT2D eigenvalue weighted by atomic mass is 16.5. The lowest BCUT2D eigenvalue weighted by molar-refractivity contribution is -0.139. The molecule has 6 heteroatoms. The molecule has 0 radical (unpaired) electrons. The summed E-state index contributed by atoms with van der Waals surface area (Å²) < 4.78 is 10.2. The van der Waals surface area contributed by atoms with E-state index in [1.165, 1.54) is 0 Å². The second kappa shape index (κ2) is 10.1. The molecule has 6 nitrogen and oxygen atoms in total. The van der Waals surface area contributed by atoms with Crippen molar-refractivity contribution in [1.82, 2.24) is 10.2 Å². The average Bonchev–Trinajstić information content (AvgIpc) is 3.23. The fraction of sp³-hybridized carbons (Fsp3) is 0.929.